The zero-order valence-electron chi connectivity index (χ0n) is 9.61. The van der Waals surface area contributed by atoms with Crippen LogP contribution >= 0.6 is 11.8 Å². The number of nitrogens with one attached hydrogen (secondary N) is 2. The van der Waals surface area contributed by atoms with E-state index in [1.165, 1.54) is 0 Å². The van der Waals surface area contributed by atoms with Gasteiger partial charge in [0.25, 0.3) is 0 Å². The van der Waals surface area contributed by atoms with Crippen LogP contribution < -0.4 is 16.8 Å². The van der Waals surface area contributed by atoms with Crippen LogP contribution in [0.15, 0.2) is 23.2 Å². The van der Waals surface area contributed by atoms with Crippen LogP contribution in [-0.4, -0.2) is 22.8 Å². The number of nitrogens with zero attached hydrogens (tertiary/aromatic N) is 1. The molecule has 0 saturated heterocycles. The van der Waals surface area contributed by atoms with Gasteiger partial charge in [0.1, 0.15) is 11.6 Å². The molecule has 6 nitrogen and oxygen atoms in total. The predicted octanol–water partition coefficient (Wildman–Crippen LogP) is 0.845. The summed E-state index contributed by atoms with van der Waals surface area (Å²) < 4.78 is 25.9. The van der Waals surface area contributed by atoms with Crippen molar-refractivity contribution in [1.29, 1.82) is 5.41 Å². The predicted molar refractivity (Wildman–Crippen MR) is 71.0 cm³/mol. The fraction of sp³-hybridized carbons (Fsp3) is 0.100. The van der Waals surface area contributed by atoms with Crippen LogP contribution in [0.1, 0.15) is 0 Å². The van der Waals surface area contributed by atoms with E-state index in [1.807, 2.05) is 0 Å². The molecule has 0 aliphatic rings. The summed E-state index contributed by atoms with van der Waals surface area (Å²) in [5.74, 6) is -2.64. The Balaban J connectivity index is 2.52. The van der Waals surface area contributed by atoms with E-state index in [-0.39, 0.29) is 22.6 Å². The summed E-state index contributed by atoms with van der Waals surface area (Å²) in [6.07, 6.45) is 0. The van der Waals surface area contributed by atoms with Gasteiger partial charge in [-0.25, -0.2) is 8.78 Å². The third-order valence-corrected chi connectivity index (χ3v) is 2.55. The number of carbonyl (C=O) groups is 1. The molecule has 0 aromatic heterocycles. The van der Waals surface area contributed by atoms with E-state index in [9.17, 15) is 13.6 Å². The number of hydrogen-bond acceptors (Lipinski definition) is 3. The van der Waals surface area contributed by atoms with Gasteiger partial charge >= 0.3 is 0 Å². The Morgan fingerprint density at radius 2 is 2.11 bits per heavy atom. The molecule has 19 heavy (non-hydrogen) atoms. The number of thioether (sulfide) groups is 1. The van der Waals surface area contributed by atoms with Crippen molar-refractivity contribution in [2.24, 2.45) is 16.5 Å². The van der Waals surface area contributed by atoms with Gasteiger partial charge in [-0.3, -0.25) is 10.2 Å². The SMILES string of the molecule is N=C(N=C(N)N)SCC(=O)Nc1ccc(F)cc1F. The van der Waals surface area contributed by atoms with E-state index in [0.717, 1.165) is 23.9 Å². The highest BCUT2D eigenvalue weighted by Crippen LogP contribution is 2.15. The summed E-state index contributed by atoms with van der Waals surface area (Å²) in [4.78, 5) is 14.8. The minimum atomic E-state index is -0.877. The van der Waals surface area contributed by atoms with Crippen molar-refractivity contribution >= 4 is 34.5 Å². The van der Waals surface area contributed by atoms with Crippen LogP contribution in [0.25, 0.3) is 0 Å². The van der Waals surface area contributed by atoms with Crippen LogP contribution in [-0.2, 0) is 4.79 Å². The number of hydrogen-bond donors (Lipinski definition) is 4. The number of benzene rings is 1. The molecule has 1 rings (SSSR count). The van der Waals surface area contributed by atoms with Gasteiger partial charge in [0.2, 0.25) is 5.91 Å². The van der Waals surface area contributed by atoms with Crippen molar-refractivity contribution in [2.75, 3.05) is 11.1 Å². The molecule has 0 atom stereocenters. The zero-order valence-corrected chi connectivity index (χ0v) is 10.4. The maximum absolute atomic E-state index is 13.2. The maximum atomic E-state index is 13.2. The molecule has 0 bridgehead atoms. The standard InChI is InChI=1S/C10H11F2N5OS/c11-5-1-2-7(6(12)3-5)16-8(18)4-19-10(15)17-9(13)14/h1-3H,4H2,(H,16,18)(H5,13,14,15,17). The fourth-order valence-electron chi connectivity index (χ4n) is 1.06. The second kappa shape index (κ2) is 6.69. The molecule has 6 N–H and O–H groups in total. The fourth-order valence-corrected chi connectivity index (χ4v) is 1.57. The molecular weight excluding hydrogens is 276 g/mol. The van der Waals surface area contributed by atoms with Gasteiger partial charge in [0, 0.05) is 6.07 Å². The van der Waals surface area contributed by atoms with Crippen LogP contribution in [0.4, 0.5) is 14.5 Å². The summed E-state index contributed by atoms with van der Waals surface area (Å²) in [5.41, 5.74) is 9.95. The lowest BCUT2D eigenvalue weighted by molar-refractivity contribution is -0.113. The highest BCUT2D eigenvalue weighted by atomic mass is 32.2. The van der Waals surface area contributed by atoms with Crippen molar-refractivity contribution in [3.63, 3.8) is 0 Å². The van der Waals surface area contributed by atoms with Gasteiger partial charge < -0.3 is 16.8 Å². The molecule has 0 saturated carbocycles. The molecular formula is C10H11F2N5OS. The zero-order chi connectivity index (χ0) is 14.4. The number of aliphatic imine (C=N–C) groups is 1. The van der Waals surface area contributed by atoms with Crippen LogP contribution in [0, 0.1) is 17.0 Å². The first-order valence-electron chi connectivity index (χ1n) is 4.94. The Bertz CT molecular complexity index is 531. The minimum Gasteiger partial charge on any atom is -0.370 e. The largest absolute Gasteiger partial charge is 0.370 e. The molecule has 0 unspecified atom stereocenters. The lowest BCUT2D eigenvalue weighted by atomic mass is 10.3. The quantitative estimate of drug-likeness (QED) is 0.487. The first-order chi connectivity index (χ1) is 8.88. The van der Waals surface area contributed by atoms with E-state index in [4.69, 9.17) is 16.9 Å². The van der Waals surface area contributed by atoms with Crippen molar-refractivity contribution in [3.05, 3.63) is 29.8 Å². The third-order valence-electron chi connectivity index (χ3n) is 1.78. The maximum Gasteiger partial charge on any atom is 0.234 e. The lowest BCUT2D eigenvalue weighted by Crippen LogP contribution is -2.24. The summed E-state index contributed by atoms with van der Waals surface area (Å²) in [5, 5.41) is 9.27. The number of guanidine groups is 1. The Kier molecular flexibility index (Phi) is 5.24. The average molecular weight is 287 g/mol. The molecule has 0 aliphatic heterocycles. The molecule has 102 valence electrons. The van der Waals surface area contributed by atoms with E-state index in [2.05, 4.69) is 10.3 Å². The first-order valence-corrected chi connectivity index (χ1v) is 5.93. The third kappa shape index (κ3) is 5.34. The smallest absolute Gasteiger partial charge is 0.234 e. The number of amidine groups is 1. The van der Waals surface area contributed by atoms with Crippen molar-refractivity contribution in [1.82, 2.24) is 0 Å². The van der Waals surface area contributed by atoms with Crippen molar-refractivity contribution in [3.8, 4) is 0 Å². The van der Waals surface area contributed by atoms with Crippen molar-refractivity contribution in [2.45, 2.75) is 0 Å². The number of nitrogens with two attached hydrogens (primary N) is 2. The summed E-state index contributed by atoms with van der Waals surface area (Å²) in [6.45, 7) is 0. The van der Waals surface area contributed by atoms with E-state index in [1.54, 1.807) is 0 Å². The molecule has 0 spiro atoms. The minimum absolute atomic E-state index is 0.139. The number of amides is 1. The lowest BCUT2D eigenvalue weighted by Gasteiger charge is -2.05. The second-order valence-corrected chi connectivity index (χ2v) is 4.27. The van der Waals surface area contributed by atoms with Gasteiger partial charge in [0.15, 0.2) is 11.1 Å². The van der Waals surface area contributed by atoms with Gasteiger partial charge in [-0.2, -0.15) is 4.99 Å². The Labute approximate surface area is 111 Å². The highest BCUT2D eigenvalue weighted by molar-refractivity contribution is 8.14. The van der Waals surface area contributed by atoms with Gasteiger partial charge in [0.05, 0.1) is 11.4 Å². The van der Waals surface area contributed by atoms with Gasteiger partial charge in [-0.15, -0.1) is 0 Å². The monoisotopic (exact) mass is 287 g/mol. The summed E-state index contributed by atoms with van der Waals surface area (Å²) in [6, 6.07) is 2.78. The number of anilines is 1. The molecule has 1 aromatic carbocycles. The van der Waals surface area contributed by atoms with E-state index >= 15 is 0 Å². The molecule has 0 aliphatic carbocycles. The second-order valence-electron chi connectivity index (χ2n) is 3.30. The van der Waals surface area contributed by atoms with Crippen molar-refractivity contribution < 1.29 is 13.6 Å². The van der Waals surface area contributed by atoms with E-state index in [0.29, 0.717) is 6.07 Å². The number of halogens is 2. The van der Waals surface area contributed by atoms with Gasteiger partial charge in [-0.1, -0.05) is 11.8 Å². The molecule has 0 fully saturated rings. The van der Waals surface area contributed by atoms with Crippen LogP contribution in [0.3, 0.4) is 0 Å². The topological polar surface area (TPSA) is 117 Å². The number of rotatable bonds is 3. The van der Waals surface area contributed by atoms with Crippen LogP contribution in [0.5, 0.6) is 0 Å². The average Bonchev–Trinajstić information content (AvgIpc) is 2.29. The first kappa shape index (κ1) is 14.9. The molecule has 1 aromatic rings. The Morgan fingerprint density at radius 1 is 1.42 bits per heavy atom. The van der Waals surface area contributed by atoms with Gasteiger partial charge in [-0.05, 0) is 12.1 Å². The molecule has 0 heterocycles. The Morgan fingerprint density at radius 3 is 2.68 bits per heavy atom. The number of carbonyl (C=O) groups excluding carboxylic acids is 1. The van der Waals surface area contributed by atoms with E-state index < -0.39 is 17.5 Å². The summed E-state index contributed by atoms with van der Waals surface area (Å²) in [7, 11) is 0. The molecule has 1 amide bonds. The molecule has 0 radical (unpaired) electrons. The Hall–Kier alpha value is -2.16. The summed E-state index contributed by atoms with van der Waals surface area (Å²) >= 11 is 0.768. The normalized spacial score (nSPS) is 9.79. The molecule has 9 heteroatoms. The van der Waals surface area contributed by atoms with Crippen LogP contribution in [0.2, 0.25) is 0 Å². The highest BCUT2D eigenvalue weighted by Gasteiger charge is 2.09.